The summed E-state index contributed by atoms with van der Waals surface area (Å²) in [5, 5.41) is 0.474. The minimum absolute atomic E-state index is 0.335. The second kappa shape index (κ2) is 4.71. The number of rotatable bonds is 2. The SMILES string of the molecule is Cc1ccc(C(C)(N)c2cc(F)ccc2Cl)cc1. The van der Waals surface area contributed by atoms with E-state index in [9.17, 15) is 4.39 Å². The van der Waals surface area contributed by atoms with Crippen LogP contribution in [0.15, 0.2) is 42.5 Å². The third-order valence-corrected chi connectivity index (χ3v) is 3.47. The Hall–Kier alpha value is -1.38. The van der Waals surface area contributed by atoms with Crippen molar-refractivity contribution in [3.05, 3.63) is 70.0 Å². The minimum atomic E-state index is -0.813. The zero-order valence-electron chi connectivity index (χ0n) is 10.4. The van der Waals surface area contributed by atoms with Crippen molar-refractivity contribution < 1.29 is 4.39 Å². The summed E-state index contributed by atoms with van der Waals surface area (Å²) < 4.78 is 13.3. The van der Waals surface area contributed by atoms with Gasteiger partial charge in [0, 0.05) is 5.02 Å². The Morgan fingerprint density at radius 1 is 1.11 bits per heavy atom. The van der Waals surface area contributed by atoms with Gasteiger partial charge in [-0.3, -0.25) is 0 Å². The molecule has 2 N–H and O–H groups in total. The van der Waals surface area contributed by atoms with Crippen LogP contribution in [0.5, 0.6) is 0 Å². The van der Waals surface area contributed by atoms with Crippen LogP contribution in [-0.2, 0) is 5.54 Å². The van der Waals surface area contributed by atoms with Gasteiger partial charge in [0.05, 0.1) is 5.54 Å². The van der Waals surface area contributed by atoms with Crippen LogP contribution >= 0.6 is 11.6 Å². The van der Waals surface area contributed by atoms with Crippen LogP contribution in [0, 0.1) is 12.7 Å². The monoisotopic (exact) mass is 263 g/mol. The molecule has 0 saturated heterocycles. The van der Waals surface area contributed by atoms with Crippen molar-refractivity contribution in [2.75, 3.05) is 0 Å². The number of aryl methyl sites for hydroxylation is 1. The van der Waals surface area contributed by atoms with Crippen LogP contribution in [-0.4, -0.2) is 0 Å². The highest BCUT2D eigenvalue weighted by molar-refractivity contribution is 6.31. The first-order valence-electron chi connectivity index (χ1n) is 5.73. The average Bonchev–Trinajstić information content (AvgIpc) is 2.32. The molecule has 18 heavy (non-hydrogen) atoms. The summed E-state index contributed by atoms with van der Waals surface area (Å²) in [6, 6.07) is 12.1. The summed E-state index contributed by atoms with van der Waals surface area (Å²) in [6.45, 7) is 3.84. The minimum Gasteiger partial charge on any atom is -0.318 e. The van der Waals surface area contributed by atoms with E-state index < -0.39 is 5.54 Å². The van der Waals surface area contributed by atoms with Crippen LogP contribution in [0.1, 0.15) is 23.6 Å². The molecule has 2 aromatic carbocycles. The number of benzene rings is 2. The first-order valence-corrected chi connectivity index (χ1v) is 6.10. The zero-order chi connectivity index (χ0) is 13.3. The molecule has 0 aliphatic carbocycles. The van der Waals surface area contributed by atoms with E-state index in [1.165, 1.54) is 18.2 Å². The van der Waals surface area contributed by atoms with Crippen LogP contribution in [0.25, 0.3) is 0 Å². The molecule has 0 spiro atoms. The summed E-state index contributed by atoms with van der Waals surface area (Å²) >= 11 is 6.12. The molecule has 0 aliphatic rings. The van der Waals surface area contributed by atoms with Crippen molar-refractivity contribution in [1.29, 1.82) is 0 Å². The van der Waals surface area contributed by atoms with E-state index in [4.69, 9.17) is 17.3 Å². The third-order valence-electron chi connectivity index (χ3n) is 3.14. The third kappa shape index (κ3) is 2.40. The van der Waals surface area contributed by atoms with Gasteiger partial charge in [-0.05, 0) is 43.2 Å². The summed E-state index contributed by atoms with van der Waals surface area (Å²) in [4.78, 5) is 0. The molecular weight excluding hydrogens is 249 g/mol. The number of nitrogens with two attached hydrogens (primary N) is 1. The van der Waals surface area contributed by atoms with E-state index in [0.29, 0.717) is 10.6 Å². The molecule has 94 valence electrons. The summed E-state index contributed by atoms with van der Waals surface area (Å²) in [5.74, 6) is -0.335. The van der Waals surface area contributed by atoms with Crippen molar-refractivity contribution >= 4 is 11.6 Å². The predicted octanol–water partition coefficient (Wildman–Crippen LogP) is 4.01. The lowest BCUT2D eigenvalue weighted by atomic mass is 9.85. The molecule has 2 aromatic rings. The zero-order valence-corrected chi connectivity index (χ0v) is 11.1. The van der Waals surface area contributed by atoms with Gasteiger partial charge in [0.25, 0.3) is 0 Å². The Labute approximate surface area is 111 Å². The van der Waals surface area contributed by atoms with Gasteiger partial charge in [-0.2, -0.15) is 0 Å². The van der Waals surface area contributed by atoms with Crippen LogP contribution in [0.3, 0.4) is 0 Å². The molecular formula is C15H15ClFN. The maximum atomic E-state index is 13.3. The van der Waals surface area contributed by atoms with Crippen LogP contribution < -0.4 is 5.73 Å². The molecule has 2 rings (SSSR count). The second-order valence-electron chi connectivity index (χ2n) is 4.69. The molecule has 1 nitrogen and oxygen atoms in total. The van der Waals surface area contributed by atoms with Gasteiger partial charge in [-0.1, -0.05) is 41.4 Å². The lowest BCUT2D eigenvalue weighted by molar-refractivity contribution is 0.581. The maximum absolute atomic E-state index is 13.3. The van der Waals surface area contributed by atoms with E-state index >= 15 is 0 Å². The second-order valence-corrected chi connectivity index (χ2v) is 5.10. The topological polar surface area (TPSA) is 26.0 Å². The van der Waals surface area contributed by atoms with Crippen molar-refractivity contribution in [3.63, 3.8) is 0 Å². The normalized spacial score (nSPS) is 14.3. The highest BCUT2D eigenvalue weighted by Gasteiger charge is 2.26. The van der Waals surface area contributed by atoms with E-state index in [0.717, 1.165) is 11.1 Å². The molecule has 0 radical (unpaired) electrons. The quantitative estimate of drug-likeness (QED) is 0.870. The number of hydrogen-bond donors (Lipinski definition) is 1. The molecule has 0 aromatic heterocycles. The fourth-order valence-electron chi connectivity index (χ4n) is 1.95. The Morgan fingerprint density at radius 2 is 1.72 bits per heavy atom. The smallest absolute Gasteiger partial charge is 0.123 e. The Bertz CT molecular complexity index is 561. The van der Waals surface area contributed by atoms with Crippen LogP contribution in [0.2, 0.25) is 5.02 Å². The molecule has 1 atom stereocenters. The molecule has 3 heteroatoms. The maximum Gasteiger partial charge on any atom is 0.123 e. The lowest BCUT2D eigenvalue weighted by Gasteiger charge is -2.27. The van der Waals surface area contributed by atoms with E-state index in [-0.39, 0.29) is 5.82 Å². The van der Waals surface area contributed by atoms with Gasteiger partial charge >= 0.3 is 0 Å². The Morgan fingerprint density at radius 3 is 2.33 bits per heavy atom. The van der Waals surface area contributed by atoms with Crippen molar-refractivity contribution in [1.82, 2.24) is 0 Å². The van der Waals surface area contributed by atoms with Gasteiger partial charge in [0.2, 0.25) is 0 Å². The summed E-state index contributed by atoms with van der Waals surface area (Å²) in [6.07, 6.45) is 0. The number of hydrogen-bond acceptors (Lipinski definition) is 1. The van der Waals surface area contributed by atoms with Gasteiger partial charge in [0.1, 0.15) is 5.82 Å². The van der Waals surface area contributed by atoms with E-state index in [1.807, 2.05) is 38.1 Å². The van der Waals surface area contributed by atoms with Gasteiger partial charge in [-0.25, -0.2) is 4.39 Å². The fraction of sp³-hybridized carbons (Fsp3) is 0.200. The fourth-order valence-corrected chi connectivity index (χ4v) is 2.26. The molecule has 0 heterocycles. The van der Waals surface area contributed by atoms with Gasteiger partial charge in [0.15, 0.2) is 0 Å². The van der Waals surface area contributed by atoms with Crippen molar-refractivity contribution in [3.8, 4) is 0 Å². The average molecular weight is 264 g/mol. The van der Waals surface area contributed by atoms with Crippen molar-refractivity contribution in [2.24, 2.45) is 5.73 Å². The highest BCUT2D eigenvalue weighted by atomic mass is 35.5. The van der Waals surface area contributed by atoms with E-state index in [2.05, 4.69) is 0 Å². The molecule has 1 unspecified atom stereocenters. The summed E-state index contributed by atoms with van der Waals surface area (Å²) in [5.41, 5.74) is 8.16. The van der Waals surface area contributed by atoms with E-state index in [1.54, 1.807) is 0 Å². The standard InChI is InChI=1S/C15H15ClFN/c1-10-3-5-11(6-4-10)15(2,18)13-9-12(17)7-8-14(13)16/h3-9H,18H2,1-2H3. The molecule has 0 aliphatic heterocycles. The molecule has 0 fully saturated rings. The Kier molecular flexibility index (Phi) is 3.42. The van der Waals surface area contributed by atoms with Crippen LogP contribution in [0.4, 0.5) is 4.39 Å². The molecule has 0 bridgehead atoms. The summed E-state index contributed by atoms with van der Waals surface area (Å²) in [7, 11) is 0. The predicted molar refractivity (Wildman–Crippen MR) is 73.2 cm³/mol. The highest BCUT2D eigenvalue weighted by Crippen LogP contribution is 2.32. The number of halogens is 2. The molecule has 0 saturated carbocycles. The Balaban J connectivity index is 2.53. The van der Waals surface area contributed by atoms with Crippen molar-refractivity contribution in [2.45, 2.75) is 19.4 Å². The van der Waals surface area contributed by atoms with Gasteiger partial charge < -0.3 is 5.73 Å². The first-order chi connectivity index (χ1) is 8.41. The van der Waals surface area contributed by atoms with Gasteiger partial charge in [-0.15, -0.1) is 0 Å². The first kappa shape index (κ1) is 13.1. The largest absolute Gasteiger partial charge is 0.318 e. The lowest BCUT2D eigenvalue weighted by Crippen LogP contribution is -2.34. The molecule has 0 amide bonds.